The topological polar surface area (TPSA) is 120 Å². The molecule has 0 bridgehead atoms. The van der Waals surface area contributed by atoms with Crippen LogP contribution in [0.3, 0.4) is 0 Å². The number of rotatable bonds is 11. The molecule has 190 valence electrons. The first-order chi connectivity index (χ1) is 16.5. The number of methoxy groups -OCH3 is 2. The van der Waals surface area contributed by atoms with E-state index in [0.717, 1.165) is 29.2 Å². The predicted molar refractivity (Wildman–Crippen MR) is 119 cm³/mol. The van der Waals surface area contributed by atoms with Gasteiger partial charge in [-0.2, -0.15) is 13.2 Å². The number of amides is 2. The van der Waals surface area contributed by atoms with Gasteiger partial charge in [0.05, 0.1) is 36.0 Å². The monoisotopic (exact) mass is 499 g/mol. The van der Waals surface area contributed by atoms with Crippen LogP contribution >= 0.6 is 0 Å². The summed E-state index contributed by atoms with van der Waals surface area (Å²) in [5, 5.41) is 13.8. The Morgan fingerprint density at radius 1 is 1.11 bits per heavy atom. The van der Waals surface area contributed by atoms with Crippen LogP contribution in [0.25, 0.3) is 0 Å². The first-order valence-corrected chi connectivity index (χ1v) is 10.3. The number of nitrogens with one attached hydrogen (secondary N) is 1. The van der Waals surface area contributed by atoms with Crippen LogP contribution in [0, 0.1) is 10.1 Å². The minimum atomic E-state index is -4.70. The summed E-state index contributed by atoms with van der Waals surface area (Å²) >= 11 is 0. The van der Waals surface area contributed by atoms with E-state index in [1.807, 2.05) is 0 Å². The SMILES string of the molecule is CCN(CC(=O)Nc1ccccc1C(F)(F)F)C(=O)c1cc(OC)c(OCCOC)cc1[N+](=O)[O-]. The van der Waals surface area contributed by atoms with Gasteiger partial charge in [-0.15, -0.1) is 0 Å². The normalized spacial score (nSPS) is 11.0. The molecule has 0 aliphatic heterocycles. The molecule has 0 atom stereocenters. The van der Waals surface area contributed by atoms with Crippen LogP contribution in [0.5, 0.6) is 11.5 Å². The molecular weight excluding hydrogens is 475 g/mol. The largest absolute Gasteiger partial charge is 0.493 e. The van der Waals surface area contributed by atoms with E-state index in [4.69, 9.17) is 14.2 Å². The molecule has 10 nitrogen and oxygen atoms in total. The second kappa shape index (κ2) is 12.0. The molecular formula is C22H24F3N3O7. The van der Waals surface area contributed by atoms with Gasteiger partial charge in [0.1, 0.15) is 18.7 Å². The summed E-state index contributed by atoms with van der Waals surface area (Å²) in [5.74, 6) is -1.75. The maximum absolute atomic E-state index is 13.2. The molecule has 0 aliphatic carbocycles. The van der Waals surface area contributed by atoms with Gasteiger partial charge in [0.2, 0.25) is 5.91 Å². The van der Waals surface area contributed by atoms with Crippen LogP contribution in [-0.4, -0.2) is 62.2 Å². The molecule has 2 rings (SSSR count). The van der Waals surface area contributed by atoms with Gasteiger partial charge in [0.15, 0.2) is 11.5 Å². The number of nitro benzene ring substituents is 1. The Labute approximate surface area is 198 Å². The lowest BCUT2D eigenvalue weighted by atomic mass is 10.1. The molecule has 1 N–H and O–H groups in total. The molecule has 2 aromatic rings. The highest BCUT2D eigenvalue weighted by atomic mass is 19.4. The zero-order valence-electron chi connectivity index (χ0n) is 19.2. The number of hydrogen-bond donors (Lipinski definition) is 1. The molecule has 2 aromatic carbocycles. The predicted octanol–water partition coefficient (Wildman–Crippen LogP) is 3.75. The number of ether oxygens (including phenoxy) is 3. The van der Waals surface area contributed by atoms with Crippen LogP contribution in [0.15, 0.2) is 36.4 Å². The molecule has 0 aromatic heterocycles. The van der Waals surface area contributed by atoms with E-state index in [9.17, 15) is 32.9 Å². The molecule has 0 fully saturated rings. The molecule has 0 saturated carbocycles. The van der Waals surface area contributed by atoms with Crippen LogP contribution in [0.4, 0.5) is 24.5 Å². The van der Waals surface area contributed by atoms with Gasteiger partial charge >= 0.3 is 6.18 Å². The van der Waals surface area contributed by atoms with Gasteiger partial charge in [0, 0.05) is 19.7 Å². The fourth-order valence-electron chi connectivity index (χ4n) is 3.08. The van der Waals surface area contributed by atoms with Crippen molar-refractivity contribution in [2.24, 2.45) is 0 Å². The van der Waals surface area contributed by atoms with Crippen LogP contribution < -0.4 is 14.8 Å². The number of benzene rings is 2. The third-order valence-electron chi connectivity index (χ3n) is 4.76. The van der Waals surface area contributed by atoms with Crippen LogP contribution in [-0.2, 0) is 15.7 Å². The van der Waals surface area contributed by atoms with E-state index >= 15 is 0 Å². The van der Waals surface area contributed by atoms with Crippen molar-refractivity contribution in [1.29, 1.82) is 0 Å². The van der Waals surface area contributed by atoms with Gasteiger partial charge in [-0.05, 0) is 19.1 Å². The van der Waals surface area contributed by atoms with Crippen molar-refractivity contribution in [3.8, 4) is 11.5 Å². The summed E-state index contributed by atoms with van der Waals surface area (Å²) in [4.78, 5) is 37.4. The Morgan fingerprint density at radius 3 is 2.37 bits per heavy atom. The molecule has 0 radical (unpaired) electrons. The van der Waals surface area contributed by atoms with Crippen molar-refractivity contribution in [2.75, 3.05) is 45.8 Å². The number of alkyl halides is 3. The highest BCUT2D eigenvalue weighted by Gasteiger charge is 2.34. The number of halogens is 3. The molecule has 13 heteroatoms. The molecule has 0 spiro atoms. The summed E-state index contributed by atoms with van der Waals surface area (Å²) < 4.78 is 55.0. The average molecular weight is 499 g/mol. The Kier molecular flexibility index (Phi) is 9.40. The van der Waals surface area contributed by atoms with Crippen molar-refractivity contribution in [3.63, 3.8) is 0 Å². The Morgan fingerprint density at radius 2 is 1.80 bits per heavy atom. The molecule has 0 unspecified atom stereocenters. The summed E-state index contributed by atoms with van der Waals surface area (Å²) in [5.41, 5.74) is -2.49. The van der Waals surface area contributed by atoms with E-state index in [2.05, 4.69) is 5.32 Å². The van der Waals surface area contributed by atoms with E-state index in [1.165, 1.54) is 33.3 Å². The number of carbonyl (C=O) groups excluding carboxylic acids is 2. The van der Waals surface area contributed by atoms with Crippen molar-refractivity contribution in [2.45, 2.75) is 13.1 Å². The fourth-order valence-corrected chi connectivity index (χ4v) is 3.08. The second-order valence-corrected chi connectivity index (χ2v) is 7.03. The highest BCUT2D eigenvalue weighted by Crippen LogP contribution is 2.36. The molecule has 2 amide bonds. The average Bonchev–Trinajstić information content (AvgIpc) is 2.81. The Balaban J connectivity index is 2.30. The van der Waals surface area contributed by atoms with Crippen molar-refractivity contribution in [1.82, 2.24) is 4.90 Å². The minimum absolute atomic E-state index is 0.0114. The lowest BCUT2D eigenvalue weighted by Crippen LogP contribution is -2.38. The number of nitrogens with zero attached hydrogens (tertiary/aromatic N) is 2. The van der Waals surface area contributed by atoms with Gasteiger partial charge in [0.25, 0.3) is 11.6 Å². The lowest BCUT2D eigenvalue weighted by Gasteiger charge is -2.22. The summed E-state index contributed by atoms with van der Waals surface area (Å²) in [6.07, 6.45) is -4.70. The van der Waals surface area contributed by atoms with Gasteiger partial charge in [-0.25, -0.2) is 0 Å². The smallest absolute Gasteiger partial charge is 0.418 e. The zero-order valence-corrected chi connectivity index (χ0v) is 19.2. The van der Waals surface area contributed by atoms with Gasteiger partial charge in [-0.1, -0.05) is 12.1 Å². The summed E-state index contributed by atoms with van der Waals surface area (Å²) in [6, 6.07) is 6.52. The van der Waals surface area contributed by atoms with Gasteiger partial charge in [-0.3, -0.25) is 19.7 Å². The fraction of sp³-hybridized carbons (Fsp3) is 0.364. The van der Waals surface area contributed by atoms with E-state index < -0.39 is 46.4 Å². The lowest BCUT2D eigenvalue weighted by molar-refractivity contribution is -0.385. The minimum Gasteiger partial charge on any atom is -0.493 e. The third-order valence-corrected chi connectivity index (χ3v) is 4.76. The molecule has 0 heterocycles. The van der Waals surface area contributed by atoms with Crippen molar-refractivity contribution < 1.29 is 41.9 Å². The highest BCUT2D eigenvalue weighted by molar-refractivity contribution is 6.02. The first-order valence-electron chi connectivity index (χ1n) is 10.3. The van der Waals surface area contributed by atoms with E-state index in [0.29, 0.717) is 0 Å². The third kappa shape index (κ3) is 7.06. The summed E-state index contributed by atoms with van der Waals surface area (Å²) in [6.45, 7) is 1.08. The standard InChI is InChI=1S/C22H24F3N3O7/c1-4-27(13-20(29)26-16-8-6-5-7-15(16)22(23,24)25)21(30)14-11-18(34-3)19(35-10-9-33-2)12-17(14)28(31)32/h5-8,11-12H,4,9-10,13H2,1-3H3,(H,26,29). The molecule has 0 aliphatic rings. The Hall–Kier alpha value is -3.87. The van der Waals surface area contributed by atoms with Crippen LogP contribution in [0.2, 0.25) is 0 Å². The quantitative estimate of drug-likeness (QED) is 0.284. The van der Waals surface area contributed by atoms with Crippen molar-refractivity contribution >= 4 is 23.2 Å². The Bertz CT molecular complexity index is 1080. The van der Waals surface area contributed by atoms with Crippen LogP contribution in [0.1, 0.15) is 22.8 Å². The number of nitro groups is 1. The van der Waals surface area contributed by atoms with E-state index in [-0.39, 0.29) is 36.8 Å². The molecule has 0 saturated heterocycles. The number of likely N-dealkylation sites (N-methyl/N-ethyl adjacent to an activating group) is 1. The van der Waals surface area contributed by atoms with E-state index in [1.54, 1.807) is 0 Å². The number of anilines is 1. The van der Waals surface area contributed by atoms with Crippen molar-refractivity contribution in [3.05, 3.63) is 57.6 Å². The number of carbonyl (C=O) groups is 2. The zero-order chi connectivity index (χ0) is 26.2. The maximum Gasteiger partial charge on any atom is 0.418 e. The van der Waals surface area contributed by atoms with Gasteiger partial charge < -0.3 is 24.4 Å². The summed E-state index contributed by atoms with van der Waals surface area (Å²) in [7, 11) is 2.73. The number of hydrogen-bond acceptors (Lipinski definition) is 7. The first kappa shape index (κ1) is 27.4. The number of para-hydroxylation sites is 1. The maximum atomic E-state index is 13.2. The molecule has 35 heavy (non-hydrogen) atoms. The second-order valence-electron chi connectivity index (χ2n) is 7.03.